The van der Waals surface area contributed by atoms with Crippen LogP contribution in [0.15, 0.2) is 21.5 Å². The molecule has 0 radical (unpaired) electrons. The van der Waals surface area contributed by atoms with Crippen LogP contribution in [0.5, 0.6) is 0 Å². The van der Waals surface area contributed by atoms with Gasteiger partial charge in [-0.2, -0.15) is 0 Å². The molecule has 0 spiro atoms. The van der Waals surface area contributed by atoms with E-state index in [9.17, 15) is 13.2 Å². The number of sulfonamides is 1. The summed E-state index contributed by atoms with van der Waals surface area (Å²) in [6, 6.07) is 2.57. The molecule has 0 bridgehead atoms. The number of carbonyl (C=O) groups is 1. The first-order valence-corrected chi connectivity index (χ1v) is 7.10. The summed E-state index contributed by atoms with van der Waals surface area (Å²) in [6.07, 6.45) is 0. The fourth-order valence-corrected chi connectivity index (χ4v) is 2.98. The van der Waals surface area contributed by atoms with Crippen molar-refractivity contribution < 1.29 is 13.2 Å². The molecule has 2 N–H and O–H groups in total. The van der Waals surface area contributed by atoms with Crippen molar-refractivity contribution in [3.8, 4) is 0 Å². The highest BCUT2D eigenvalue weighted by Gasteiger charge is 2.19. The van der Waals surface area contributed by atoms with Crippen LogP contribution in [-0.4, -0.2) is 33.3 Å². The number of amides is 1. The Morgan fingerprint density at radius 2 is 1.94 bits per heavy atom. The number of benzene rings is 1. The van der Waals surface area contributed by atoms with Crippen LogP contribution in [0.25, 0.3) is 0 Å². The summed E-state index contributed by atoms with van der Waals surface area (Å²) in [6.45, 7) is 0. The van der Waals surface area contributed by atoms with E-state index >= 15 is 0 Å². The Balaban J connectivity index is 3.50. The molecule has 0 saturated carbocycles. The highest BCUT2D eigenvalue weighted by molar-refractivity contribution is 9.10. The fourth-order valence-electron chi connectivity index (χ4n) is 1.15. The second-order valence-corrected chi connectivity index (χ2v) is 6.24. The monoisotopic (exact) mass is 340 g/mol. The summed E-state index contributed by atoms with van der Waals surface area (Å²) in [5, 5.41) is 5.14. The minimum absolute atomic E-state index is 0.113. The number of hydrogen-bond acceptors (Lipinski definition) is 3. The summed E-state index contributed by atoms with van der Waals surface area (Å²) >= 11 is 8.86. The Morgan fingerprint density at radius 1 is 1.41 bits per heavy atom. The maximum Gasteiger partial charge on any atom is 0.253 e. The molecule has 0 aliphatic carbocycles. The lowest BCUT2D eigenvalue weighted by Crippen LogP contribution is -2.22. The summed E-state index contributed by atoms with van der Waals surface area (Å²) in [4.78, 5) is 12.8. The molecule has 1 rings (SSSR count). The van der Waals surface area contributed by atoms with Crippen LogP contribution in [0.2, 0.25) is 5.02 Å². The second kappa shape index (κ2) is 4.93. The Bertz CT molecular complexity index is 572. The minimum atomic E-state index is -3.94. The average Bonchev–Trinajstić information content (AvgIpc) is 2.18. The number of hydrogen-bond donors (Lipinski definition) is 1. The van der Waals surface area contributed by atoms with Crippen molar-refractivity contribution in [3.05, 3.63) is 27.2 Å². The molecular formula is C9H10BrClN2O3S. The zero-order valence-corrected chi connectivity index (χ0v) is 12.2. The van der Waals surface area contributed by atoms with E-state index in [1.165, 1.54) is 17.0 Å². The van der Waals surface area contributed by atoms with Gasteiger partial charge in [-0.1, -0.05) is 11.6 Å². The van der Waals surface area contributed by atoms with Crippen molar-refractivity contribution in [1.29, 1.82) is 0 Å². The summed E-state index contributed by atoms with van der Waals surface area (Å²) in [5.74, 6) is -0.357. The molecule has 0 aromatic heterocycles. The van der Waals surface area contributed by atoms with E-state index in [2.05, 4.69) is 15.9 Å². The van der Waals surface area contributed by atoms with Gasteiger partial charge in [-0.15, -0.1) is 0 Å². The van der Waals surface area contributed by atoms with Crippen LogP contribution in [-0.2, 0) is 10.0 Å². The molecule has 94 valence electrons. The maximum absolute atomic E-state index is 11.7. The number of carbonyl (C=O) groups excluding carboxylic acids is 1. The topological polar surface area (TPSA) is 80.5 Å². The first-order chi connectivity index (χ1) is 7.64. The molecule has 0 unspecified atom stereocenters. The Kier molecular flexibility index (Phi) is 4.19. The molecule has 0 aliphatic rings. The molecular weight excluding hydrogens is 332 g/mol. The Hall–Kier alpha value is -0.630. The molecule has 0 heterocycles. The maximum atomic E-state index is 11.7. The van der Waals surface area contributed by atoms with Crippen LogP contribution in [0.1, 0.15) is 10.4 Å². The lowest BCUT2D eigenvalue weighted by molar-refractivity contribution is 0.0827. The van der Waals surface area contributed by atoms with Gasteiger partial charge in [0.1, 0.15) is 0 Å². The highest BCUT2D eigenvalue weighted by Crippen LogP contribution is 2.30. The molecule has 8 heteroatoms. The average molecular weight is 342 g/mol. The summed E-state index contributed by atoms with van der Waals surface area (Å²) in [7, 11) is -0.839. The van der Waals surface area contributed by atoms with Crippen LogP contribution in [0.3, 0.4) is 0 Å². The summed E-state index contributed by atoms with van der Waals surface area (Å²) in [5.41, 5.74) is 0.159. The molecule has 1 aromatic rings. The third-order valence-corrected chi connectivity index (χ3v) is 4.53. The standard InChI is InChI=1S/C9H10BrClN2O3S/c1-13(2)9(14)5-3-6(11)8(10)7(4-5)17(12,15)16/h3-4H,1-2H3,(H2,12,15,16). The van der Waals surface area contributed by atoms with Gasteiger partial charge in [-0.3, -0.25) is 4.79 Å². The van der Waals surface area contributed by atoms with Crippen molar-refractivity contribution in [2.45, 2.75) is 4.90 Å². The smallest absolute Gasteiger partial charge is 0.253 e. The summed E-state index contributed by atoms with van der Waals surface area (Å²) < 4.78 is 22.8. The van der Waals surface area contributed by atoms with Gasteiger partial charge < -0.3 is 4.90 Å². The van der Waals surface area contributed by atoms with E-state index in [0.29, 0.717) is 0 Å². The number of primary sulfonamides is 1. The Labute approximate surface area is 113 Å². The normalized spacial score (nSPS) is 11.4. The van der Waals surface area contributed by atoms with Gasteiger partial charge in [-0.25, -0.2) is 13.6 Å². The number of nitrogens with zero attached hydrogens (tertiary/aromatic N) is 1. The molecule has 1 amide bonds. The number of nitrogens with two attached hydrogens (primary N) is 1. The first kappa shape index (κ1) is 14.4. The van der Waals surface area contributed by atoms with E-state index in [0.717, 1.165) is 0 Å². The van der Waals surface area contributed by atoms with Crippen LogP contribution < -0.4 is 5.14 Å². The van der Waals surface area contributed by atoms with Gasteiger partial charge >= 0.3 is 0 Å². The van der Waals surface area contributed by atoms with Crippen LogP contribution in [0, 0.1) is 0 Å². The predicted octanol–water partition coefficient (Wildman–Crippen LogP) is 1.45. The van der Waals surface area contributed by atoms with Crippen molar-refractivity contribution >= 4 is 43.5 Å². The van der Waals surface area contributed by atoms with Gasteiger partial charge in [0.15, 0.2) is 0 Å². The van der Waals surface area contributed by atoms with Crippen LogP contribution in [0.4, 0.5) is 0 Å². The molecule has 5 nitrogen and oxygen atoms in total. The number of rotatable bonds is 2. The number of halogens is 2. The van der Waals surface area contributed by atoms with Crippen molar-refractivity contribution in [2.24, 2.45) is 5.14 Å². The lowest BCUT2D eigenvalue weighted by atomic mass is 10.2. The molecule has 0 aliphatic heterocycles. The first-order valence-electron chi connectivity index (χ1n) is 4.38. The van der Waals surface area contributed by atoms with Gasteiger partial charge in [-0.05, 0) is 28.1 Å². The van der Waals surface area contributed by atoms with Gasteiger partial charge in [0.25, 0.3) is 5.91 Å². The Morgan fingerprint density at radius 3 is 2.35 bits per heavy atom. The zero-order chi connectivity index (χ0) is 13.4. The molecule has 17 heavy (non-hydrogen) atoms. The van der Waals surface area contributed by atoms with Crippen molar-refractivity contribution in [2.75, 3.05) is 14.1 Å². The fraction of sp³-hybridized carbons (Fsp3) is 0.222. The van der Waals surface area contributed by atoms with Gasteiger partial charge in [0.2, 0.25) is 10.0 Å². The molecule has 0 atom stereocenters. The second-order valence-electron chi connectivity index (χ2n) is 3.51. The third-order valence-electron chi connectivity index (χ3n) is 1.95. The molecule has 0 saturated heterocycles. The van der Waals surface area contributed by atoms with Gasteiger partial charge in [0, 0.05) is 19.7 Å². The van der Waals surface area contributed by atoms with Gasteiger partial charge in [0.05, 0.1) is 14.4 Å². The largest absolute Gasteiger partial charge is 0.345 e. The third kappa shape index (κ3) is 3.19. The van der Waals surface area contributed by atoms with E-state index < -0.39 is 10.0 Å². The van der Waals surface area contributed by atoms with Crippen molar-refractivity contribution in [3.63, 3.8) is 0 Å². The minimum Gasteiger partial charge on any atom is -0.345 e. The predicted molar refractivity (Wildman–Crippen MR) is 68.5 cm³/mol. The van der Waals surface area contributed by atoms with Crippen molar-refractivity contribution in [1.82, 2.24) is 4.90 Å². The van der Waals surface area contributed by atoms with E-state index in [-0.39, 0.29) is 25.9 Å². The lowest BCUT2D eigenvalue weighted by Gasteiger charge is -2.12. The van der Waals surface area contributed by atoms with E-state index in [4.69, 9.17) is 16.7 Å². The van der Waals surface area contributed by atoms with E-state index in [1.807, 2.05) is 0 Å². The van der Waals surface area contributed by atoms with Crippen LogP contribution >= 0.6 is 27.5 Å². The molecule has 0 fully saturated rings. The zero-order valence-electron chi connectivity index (χ0n) is 9.07. The van der Waals surface area contributed by atoms with E-state index in [1.54, 1.807) is 14.1 Å². The SMILES string of the molecule is CN(C)C(=O)c1cc(Cl)c(Br)c(S(N)(=O)=O)c1. The highest BCUT2D eigenvalue weighted by atomic mass is 79.9. The molecule has 1 aromatic carbocycles. The quantitative estimate of drug-likeness (QED) is 0.884.